The smallest absolute Gasteiger partial charge is 0.0118 e. The van der Waals surface area contributed by atoms with Gasteiger partial charge in [0.15, 0.2) is 0 Å². The van der Waals surface area contributed by atoms with Gasteiger partial charge in [-0.25, -0.2) is 0 Å². The van der Waals surface area contributed by atoms with Crippen LogP contribution in [-0.2, 0) is 0 Å². The molecular formula is C17H33NS. The van der Waals surface area contributed by atoms with Crippen molar-refractivity contribution in [3.05, 3.63) is 0 Å². The summed E-state index contributed by atoms with van der Waals surface area (Å²) in [4.78, 5) is 2.70. The molecule has 2 aliphatic rings. The molecule has 2 aliphatic carbocycles. The van der Waals surface area contributed by atoms with Gasteiger partial charge in [-0.15, -0.1) is 0 Å². The predicted octanol–water partition coefficient (Wildman–Crippen LogP) is 4.77. The zero-order valence-corrected chi connectivity index (χ0v) is 13.9. The molecule has 2 saturated carbocycles. The largest absolute Gasteiger partial charge is 0.303 e. The summed E-state index contributed by atoms with van der Waals surface area (Å²) < 4.78 is 0. The van der Waals surface area contributed by atoms with Crippen LogP contribution in [0.4, 0.5) is 0 Å². The van der Waals surface area contributed by atoms with E-state index >= 15 is 0 Å². The molecule has 0 spiro atoms. The molecule has 112 valence electrons. The van der Waals surface area contributed by atoms with E-state index in [0.717, 1.165) is 17.7 Å². The zero-order chi connectivity index (χ0) is 13.7. The summed E-state index contributed by atoms with van der Waals surface area (Å²) >= 11 is 4.73. The Hall–Kier alpha value is 0.310. The van der Waals surface area contributed by atoms with Gasteiger partial charge in [0.25, 0.3) is 0 Å². The fourth-order valence-corrected chi connectivity index (χ4v) is 4.86. The minimum atomic E-state index is 0.505. The van der Waals surface area contributed by atoms with Crippen LogP contribution in [0.2, 0.25) is 0 Å². The lowest BCUT2D eigenvalue weighted by Gasteiger charge is -2.42. The van der Waals surface area contributed by atoms with Crippen LogP contribution < -0.4 is 0 Å². The highest BCUT2D eigenvalue weighted by atomic mass is 32.1. The number of nitrogens with zero attached hydrogens (tertiary/aromatic N) is 1. The Morgan fingerprint density at radius 3 is 2.21 bits per heavy atom. The van der Waals surface area contributed by atoms with Gasteiger partial charge >= 0.3 is 0 Å². The summed E-state index contributed by atoms with van der Waals surface area (Å²) in [6, 6.07) is 0.828. The Kier molecular flexibility index (Phi) is 6.08. The molecule has 2 rings (SSSR count). The molecule has 2 unspecified atom stereocenters. The third kappa shape index (κ3) is 4.14. The van der Waals surface area contributed by atoms with Crippen molar-refractivity contribution in [3.8, 4) is 0 Å². The first kappa shape index (κ1) is 15.7. The SMILES string of the molecule is CC1CCCCC1N(C)CC1(CS)CCCCCC1. The lowest BCUT2D eigenvalue weighted by atomic mass is 9.79. The predicted molar refractivity (Wildman–Crippen MR) is 88.0 cm³/mol. The second-order valence-electron chi connectivity index (χ2n) is 7.32. The van der Waals surface area contributed by atoms with Crippen LogP contribution >= 0.6 is 12.6 Å². The topological polar surface area (TPSA) is 3.24 Å². The van der Waals surface area contributed by atoms with Gasteiger partial charge in [-0.2, -0.15) is 12.6 Å². The molecule has 0 amide bonds. The van der Waals surface area contributed by atoms with Gasteiger partial charge in [0, 0.05) is 12.6 Å². The molecule has 19 heavy (non-hydrogen) atoms. The first-order valence-corrected chi connectivity index (χ1v) is 9.11. The molecule has 0 aromatic carbocycles. The fourth-order valence-electron chi connectivity index (χ4n) is 4.44. The second-order valence-corrected chi connectivity index (χ2v) is 7.63. The van der Waals surface area contributed by atoms with Gasteiger partial charge in [-0.1, -0.05) is 45.4 Å². The van der Waals surface area contributed by atoms with Gasteiger partial charge in [0.2, 0.25) is 0 Å². The van der Waals surface area contributed by atoms with E-state index in [1.807, 2.05) is 0 Å². The van der Waals surface area contributed by atoms with Crippen LogP contribution in [0.5, 0.6) is 0 Å². The van der Waals surface area contributed by atoms with Crippen molar-refractivity contribution < 1.29 is 0 Å². The van der Waals surface area contributed by atoms with E-state index in [0.29, 0.717) is 5.41 Å². The molecule has 0 radical (unpaired) electrons. The third-order valence-corrected chi connectivity index (χ3v) is 6.39. The average Bonchev–Trinajstić information content (AvgIpc) is 2.65. The normalized spacial score (nSPS) is 32.2. The minimum Gasteiger partial charge on any atom is -0.303 e. The summed E-state index contributed by atoms with van der Waals surface area (Å²) in [5, 5.41) is 0. The highest BCUT2D eigenvalue weighted by Crippen LogP contribution is 2.38. The van der Waals surface area contributed by atoms with Crippen LogP contribution in [0.15, 0.2) is 0 Å². The summed E-state index contributed by atoms with van der Waals surface area (Å²) in [7, 11) is 2.38. The molecule has 1 nitrogen and oxygen atoms in total. The maximum absolute atomic E-state index is 4.73. The van der Waals surface area contributed by atoms with Crippen molar-refractivity contribution in [3.63, 3.8) is 0 Å². The summed E-state index contributed by atoms with van der Waals surface area (Å²) in [6.07, 6.45) is 14.3. The Labute approximate surface area is 125 Å². The molecule has 0 N–H and O–H groups in total. The van der Waals surface area contributed by atoms with Crippen LogP contribution in [0.1, 0.15) is 71.1 Å². The number of thiol groups is 1. The van der Waals surface area contributed by atoms with Crippen LogP contribution in [0.25, 0.3) is 0 Å². The average molecular weight is 284 g/mol. The Morgan fingerprint density at radius 2 is 1.63 bits per heavy atom. The Morgan fingerprint density at radius 1 is 1.00 bits per heavy atom. The van der Waals surface area contributed by atoms with Crippen molar-refractivity contribution in [1.82, 2.24) is 4.90 Å². The van der Waals surface area contributed by atoms with Gasteiger partial charge < -0.3 is 4.90 Å². The second kappa shape index (κ2) is 7.36. The molecule has 0 saturated heterocycles. The molecule has 0 aromatic heterocycles. The summed E-state index contributed by atoms with van der Waals surface area (Å²) in [5.74, 6) is 1.97. The van der Waals surface area contributed by atoms with E-state index in [2.05, 4.69) is 18.9 Å². The molecule has 2 atom stereocenters. The van der Waals surface area contributed by atoms with Crippen molar-refractivity contribution in [2.24, 2.45) is 11.3 Å². The van der Waals surface area contributed by atoms with Gasteiger partial charge in [-0.3, -0.25) is 0 Å². The number of hydrogen-bond donors (Lipinski definition) is 1. The number of rotatable bonds is 4. The van der Waals surface area contributed by atoms with E-state index in [1.165, 1.54) is 70.8 Å². The molecule has 0 heterocycles. The van der Waals surface area contributed by atoms with Gasteiger partial charge in [0.1, 0.15) is 0 Å². The van der Waals surface area contributed by atoms with Gasteiger partial charge in [0.05, 0.1) is 0 Å². The Balaban J connectivity index is 1.95. The number of hydrogen-bond acceptors (Lipinski definition) is 2. The minimum absolute atomic E-state index is 0.505. The molecule has 2 fully saturated rings. The standard InChI is InChI=1S/C17H33NS/c1-15-9-5-6-10-16(15)18(2)13-17(14-19)11-7-3-4-8-12-17/h15-16,19H,3-14H2,1-2H3. The van der Waals surface area contributed by atoms with Crippen molar-refractivity contribution >= 4 is 12.6 Å². The lowest BCUT2D eigenvalue weighted by Crippen LogP contribution is -2.45. The van der Waals surface area contributed by atoms with Crippen molar-refractivity contribution in [1.29, 1.82) is 0 Å². The first-order chi connectivity index (χ1) is 9.17. The molecule has 0 aliphatic heterocycles. The lowest BCUT2D eigenvalue weighted by molar-refractivity contribution is 0.0851. The van der Waals surface area contributed by atoms with Gasteiger partial charge in [-0.05, 0) is 49.8 Å². The fraction of sp³-hybridized carbons (Fsp3) is 1.00. The molecular weight excluding hydrogens is 250 g/mol. The van der Waals surface area contributed by atoms with Crippen LogP contribution in [0.3, 0.4) is 0 Å². The third-order valence-electron chi connectivity index (χ3n) is 5.72. The van der Waals surface area contributed by atoms with Crippen molar-refractivity contribution in [2.45, 2.75) is 77.2 Å². The maximum Gasteiger partial charge on any atom is 0.0118 e. The first-order valence-electron chi connectivity index (χ1n) is 8.48. The monoisotopic (exact) mass is 283 g/mol. The highest BCUT2D eigenvalue weighted by molar-refractivity contribution is 7.80. The molecule has 2 heteroatoms. The molecule has 0 aromatic rings. The van der Waals surface area contributed by atoms with E-state index in [-0.39, 0.29) is 0 Å². The van der Waals surface area contributed by atoms with E-state index in [9.17, 15) is 0 Å². The summed E-state index contributed by atoms with van der Waals surface area (Å²) in [6.45, 7) is 3.74. The Bertz CT molecular complexity index is 258. The molecule has 0 bridgehead atoms. The van der Waals surface area contributed by atoms with Crippen LogP contribution in [0, 0.1) is 11.3 Å². The van der Waals surface area contributed by atoms with E-state index in [1.54, 1.807) is 0 Å². The zero-order valence-electron chi connectivity index (χ0n) is 13.0. The maximum atomic E-state index is 4.73. The quantitative estimate of drug-likeness (QED) is 0.575. The summed E-state index contributed by atoms with van der Waals surface area (Å²) in [5.41, 5.74) is 0.505. The van der Waals surface area contributed by atoms with E-state index < -0.39 is 0 Å². The van der Waals surface area contributed by atoms with Crippen LogP contribution in [-0.4, -0.2) is 30.3 Å². The highest BCUT2D eigenvalue weighted by Gasteiger charge is 2.34. The van der Waals surface area contributed by atoms with E-state index in [4.69, 9.17) is 12.6 Å². The van der Waals surface area contributed by atoms with Crippen molar-refractivity contribution in [2.75, 3.05) is 19.3 Å².